The quantitative estimate of drug-likeness (QED) is 0.345. The molecular formula is C28H33Cl3N6. The smallest absolute Gasteiger partial charge is 0.227 e. The Morgan fingerprint density at radius 2 is 1.49 bits per heavy atom. The fraction of sp³-hybridized carbons (Fsp3) is 0.321. The molecule has 3 heterocycles. The van der Waals surface area contributed by atoms with Crippen LogP contribution in [0, 0.1) is 0 Å². The predicted molar refractivity (Wildman–Crippen MR) is 159 cm³/mol. The average Bonchev–Trinajstić information content (AvgIpc) is 2.87. The molecule has 0 unspecified atom stereocenters. The maximum absolute atomic E-state index is 6.56. The summed E-state index contributed by atoms with van der Waals surface area (Å²) in [6.07, 6.45) is 5.23. The van der Waals surface area contributed by atoms with Crippen molar-refractivity contribution in [3.05, 3.63) is 72.4 Å². The zero-order chi connectivity index (χ0) is 23.1. The minimum Gasteiger partial charge on any atom is -0.338 e. The second kappa shape index (κ2) is 11.9. The van der Waals surface area contributed by atoms with Gasteiger partial charge in [0.05, 0.1) is 5.69 Å². The molecule has 196 valence electrons. The maximum atomic E-state index is 6.56. The molecule has 1 aliphatic carbocycles. The number of pyridine rings is 1. The molecule has 0 amide bonds. The summed E-state index contributed by atoms with van der Waals surface area (Å²) in [6, 6.07) is 21.3. The molecule has 1 aliphatic heterocycles. The van der Waals surface area contributed by atoms with Crippen molar-refractivity contribution in [1.29, 1.82) is 0 Å². The highest BCUT2D eigenvalue weighted by atomic mass is 35.5. The number of likely N-dealkylation sites (N-methyl/N-ethyl adjacent to an activating group) is 1. The summed E-state index contributed by atoms with van der Waals surface area (Å²) < 4.78 is 0. The van der Waals surface area contributed by atoms with Crippen LogP contribution in [0.4, 0.5) is 5.95 Å². The second-order valence-corrected chi connectivity index (χ2v) is 9.71. The number of anilines is 1. The van der Waals surface area contributed by atoms with Crippen LogP contribution in [0.15, 0.2) is 66.9 Å². The second-order valence-electron chi connectivity index (χ2n) is 9.71. The first kappa shape index (κ1) is 29.1. The lowest BCUT2D eigenvalue weighted by molar-refractivity contribution is 0.253. The number of benzene rings is 2. The molecule has 2 aromatic heterocycles. The number of hydrogen-bond acceptors (Lipinski definition) is 6. The van der Waals surface area contributed by atoms with Gasteiger partial charge in [-0.1, -0.05) is 54.6 Å². The van der Waals surface area contributed by atoms with Crippen LogP contribution in [-0.2, 0) is 5.54 Å². The molecule has 6 nitrogen and oxygen atoms in total. The van der Waals surface area contributed by atoms with Crippen LogP contribution in [0.5, 0.6) is 0 Å². The van der Waals surface area contributed by atoms with Gasteiger partial charge in [0, 0.05) is 54.4 Å². The van der Waals surface area contributed by atoms with Crippen molar-refractivity contribution >= 4 is 54.2 Å². The van der Waals surface area contributed by atoms with E-state index in [1.54, 1.807) is 0 Å². The monoisotopic (exact) mass is 558 g/mol. The number of piperazine rings is 1. The van der Waals surface area contributed by atoms with Crippen molar-refractivity contribution in [3.8, 4) is 22.4 Å². The van der Waals surface area contributed by atoms with E-state index in [2.05, 4.69) is 76.4 Å². The highest BCUT2D eigenvalue weighted by Crippen LogP contribution is 2.40. The van der Waals surface area contributed by atoms with Crippen LogP contribution in [0.3, 0.4) is 0 Å². The third-order valence-corrected chi connectivity index (χ3v) is 7.41. The topological polar surface area (TPSA) is 71.2 Å². The summed E-state index contributed by atoms with van der Waals surface area (Å²) in [5, 5.41) is 0.951. The fourth-order valence-electron chi connectivity index (χ4n) is 4.98. The van der Waals surface area contributed by atoms with Crippen molar-refractivity contribution < 1.29 is 0 Å². The first-order chi connectivity index (χ1) is 16.6. The predicted octanol–water partition coefficient (Wildman–Crippen LogP) is 5.71. The number of aromatic nitrogens is 3. The van der Waals surface area contributed by atoms with E-state index in [1.165, 1.54) is 12.0 Å². The Labute approximate surface area is 236 Å². The molecule has 6 rings (SSSR count). The van der Waals surface area contributed by atoms with E-state index < -0.39 is 0 Å². The number of fused-ring (bicyclic) bond motifs is 1. The van der Waals surface area contributed by atoms with Crippen LogP contribution < -0.4 is 10.6 Å². The van der Waals surface area contributed by atoms with Gasteiger partial charge in [-0.05, 0) is 43.5 Å². The van der Waals surface area contributed by atoms with Crippen molar-refractivity contribution in [2.75, 3.05) is 38.1 Å². The summed E-state index contributed by atoms with van der Waals surface area (Å²) >= 11 is 0. The molecule has 1 saturated carbocycles. The number of nitrogens with zero attached hydrogens (tertiary/aromatic N) is 5. The van der Waals surface area contributed by atoms with E-state index in [4.69, 9.17) is 15.7 Å². The van der Waals surface area contributed by atoms with Gasteiger partial charge in [0.15, 0.2) is 5.65 Å². The molecule has 0 bridgehead atoms. The van der Waals surface area contributed by atoms with Crippen molar-refractivity contribution in [2.24, 2.45) is 5.73 Å². The zero-order valence-electron chi connectivity index (χ0n) is 20.8. The molecule has 0 radical (unpaired) electrons. The Morgan fingerprint density at radius 3 is 2.11 bits per heavy atom. The van der Waals surface area contributed by atoms with E-state index in [0.29, 0.717) is 0 Å². The van der Waals surface area contributed by atoms with Crippen molar-refractivity contribution in [2.45, 2.75) is 24.8 Å². The van der Waals surface area contributed by atoms with Gasteiger partial charge >= 0.3 is 0 Å². The Hall–Kier alpha value is -2.48. The molecule has 0 atom stereocenters. The summed E-state index contributed by atoms with van der Waals surface area (Å²) in [5.74, 6) is 0.761. The first-order valence-corrected chi connectivity index (χ1v) is 12.2. The van der Waals surface area contributed by atoms with Crippen LogP contribution in [0.25, 0.3) is 33.4 Å². The largest absolute Gasteiger partial charge is 0.338 e. The number of halogens is 3. The van der Waals surface area contributed by atoms with Crippen molar-refractivity contribution in [3.63, 3.8) is 0 Å². The van der Waals surface area contributed by atoms with Gasteiger partial charge in [-0.3, -0.25) is 0 Å². The standard InChI is InChI=1S/C28H30N6.3ClH/c1-33-14-16-34(17-15-33)27-30-19-22-18-24(20-6-3-2-4-7-20)25(31-26(22)32-27)21-8-10-23(11-9-21)28(29)12-5-13-28;;;/h2-4,6-11,18-19H,5,12-17,29H2,1H3;3*1H. The molecule has 0 spiro atoms. The van der Waals surface area contributed by atoms with E-state index in [9.17, 15) is 0 Å². The minimum absolute atomic E-state index is 0. The highest BCUT2D eigenvalue weighted by Gasteiger charge is 2.34. The third kappa shape index (κ3) is 5.69. The van der Waals surface area contributed by atoms with Crippen LogP contribution in [0.1, 0.15) is 24.8 Å². The van der Waals surface area contributed by atoms with E-state index in [0.717, 1.165) is 78.4 Å². The SMILES string of the molecule is CN1CCN(c2ncc3cc(-c4ccccc4)c(-c4ccc(C5(N)CCC5)cc4)nc3n2)CC1.Cl.Cl.Cl. The molecule has 2 aliphatic rings. The van der Waals surface area contributed by atoms with E-state index in [1.807, 2.05) is 12.3 Å². The average molecular weight is 560 g/mol. The molecule has 1 saturated heterocycles. The molecule has 2 N–H and O–H groups in total. The molecule has 37 heavy (non-hydrogen) atoms. The van der Waals surface area contributed by atoms with Crippen LogP contribution >= 0.6 is 37.2 Å². The van der Waals surface area contributed by atoms with E-state index in [-0.39, 0.29) is 42.8 Å². The van der Waals surface area contributed by atoms with Gasteiger partial charge in [0.2, 0.25) is 5.95 Å². The fourth-order valence-corrected chi connectivity index (χ4v) is 4.98. The lowest BCUT2D eigenvalue weighted by Crippen LogP contribution is -2.45. The normalized spacial score (nSPS) is 16.6. The van der Waals surface area contributed by atoms with Crippen molar-refractivity contribution in [1.82, 2.24) is 19.9 Å². The van der Waals surface area contributed by atoms with Gasteiger partial charge in [0.1, 0.15) is 0 Å². The molecule has 9 heteroatoms. The lowest BCUT2D eigenvalue weighted by Gasteiger charge is -2.38. The summed E-state index contributed by atoms with van der Waals surface area (Å²) in [6.45, 7) is 3.89. The summed E-state index contributed by atoms with van der Waals surface area (Å²) in [4.78, 5) is 19.3. The maximum Gasteiger partial charge on any atom is 0.227 e. The van der Waals surface area contributed by atoms with Crippen LogP contribution in [0.2, 0.25) is 0 Å². The Balaban J connectivity index is 0.00000127. The Morgan fingerprint density at radius 1 is 0.811 bits per heavy atom. The Kier molecular flexibility index (Phi) is 9.37. The molecule has 2 fully saturated rings. The summed E-state index contributed by atoms with van der Waals surface area (Å²) in [7, 11) is 2.15. The minimum atomic E-state index is -0.164. The number of hydrogen-bond donors (Lipinski definition) is 1. The van der Waals surface area contributed by atoms with Gasteiger partial charge in [-0.15, -0.1) is 37.2 Å². The third-order valence-electron chi connectivity index (χ3n) is 7.41. The Bertz CT molecular complexity index is 1320. The van der Waals surface area contributed by atoms with Gasteiger partial charge < -0.3 is 15.5 Å². The zero-order valence-corrected chi connectivity index (χ0v) is 23.3. The van der Waals surface area contributed by atoms with Gasteiger partial charge in [-0.25, -0.2) is 9.97 Å². The molecular weight excluding hydrogens is 527 g/mol. The molecule has 2 aromatic carbocycles. The first-order valence-electron chi connectivity index (χ1n) is 12.2. The van der Waals surface area contributed by atoms with E-state index >= 15 is 0 Å². The van der Waals surface area contributed by atoms with Gasteiger partial charge in [0.25, 0.3) is 0 Å². The number of nitrogens with two attached hydrogens (primary N) is 1. The van der Waals surface area contributed by atoms with Gasteiger partial charge in [-0.2, -0.15) is 4.98 Å². The highest BCUT2D eigenvalue weighted by molar-refractivity contribution is 5.90. The van der Waals surface area contributed by atoms with Crippen LogP contribution in [-0.4, -0.2) is 53.1 Å². The molecule has 4 aromatic rings. The lowest BCUT2D eigenvalue weighted by atomic mass is 9.72. The number of rotatable bonds is 4. The summed E-state index contributed by atoms with van der Waals surface area (Å²) in [5.41, 5.74) is 12.6.